The van der Waals surface area contributed by atoms with Crippen LogP contribution in [0.2, 0.25) is 0 Å². The Kier molecular flexibility index (Phi) is 4.77. The summed E-state index contributed by atoms with van der Waals surface area (Å²) in [6.45, 7) is 3.66. The Labute approximate surface area is 178 Å². The lowest BCUT2D eigenvalue weighted by atomic mass is 10.1. The minimum absolute atomic E-state index is 0.0290. The summed E-state index contributed by atoms with van der Waals surface area (Å²) in [6.07, 6.45) is 0.833. The molecule has 2 atom stereocenters. The van der Waals surface area contributed by atoms with E-state index in [1.807, 2.05) is 40.8 Å². The fraction of sp³-hybridized carbons (Fsp3) is 0.391. The number of pyridine rings is 1. The minimum Gasteiger partial charge on any atom is -0.332 e. The van der Waals surface area contributed by atoms with Gasteiger partial charge in [-0.2, -0.15) is 13.2 Å². The number of carbonyl (C=O) groups is 1. The van der Waals surface area contributed by atoms with Gasteiger partial charge in [0, 0.05) is 44.0 Å². The molecule has 2 saturated heterocycles. The number of nitrogens with zero attached hydrogens (tertiary/aromatic N) is 4. The van der Waals surface area contributed by atoms with Crippen molar-refractivity contribution in [2.24, 2.45) is 0 Å². The molecule has 3 aromatic rings. The van der Waals surface area contributed by atoms with Crippen molar-refractivity contribution in [3.05, 3.63) is 71.2 Å². The third-order valence-electron chi connectivity index (χ3n) is 6.35. The fourth-order valence-corrected chi connectivity index (χ4v) is 4.90. The molecule has 5 nitrogen and oxygen atoms in total. The lowest BCUT2D eigenvalue weighted by molar-refractivity contribution is -0.137. The Morgan fingerprint density at radius 1 is 1.10 bits per heavy atom. The van der Waals surface area contributed by atoms with Crippen molar-refractivity contribution in [2.75, 3.05) is 6.54 Å². The number of carbonyl (C=O) groups excluding carboxylic acids is 1. The second kappa shape index (κ2) is 7.37. The van der Waals surface area contributed by atoms with E-state index in [4.69, 9.17) is 0 Å². The van der Waals surface area contributed by atoms with Crippen LogP contribution in [0.3, 0.4) is 0 Å². The van der Waals surface area contributed by atoms with Gasteiger partial charge >= 0.3 is 6.18 Å². The number of rotatable bonds is 4. The Hall–Kier alpha value is -2.87. The molecule has 0 radical (unpaired) electrons. The van der Waals surface area contributed by atoms with Gasteiger partial charge in [-0.05, 0) is 36.6 Å². The van der Waals surface area contributed by atoms with Crippen LogP contribution in [0, 0.1) is 6.92 Å². The lowest BCUT2D eigenvalue weighted by Gasteiger charge is -2.25. The molecule has 0 bridgehead atoms. The molecule has 31 heavy (non-hydrogen) atoms. The minimum atomic E-state index is -4.35. The van der Waals surface area contributed by atoms with Crippen LogP contribution in [0.25, 0.3) is 5.65 Å². The molecule has 8 heteroatoms. The highest BCUT2D eigenvalue weighted by atomic mass is 19.4. The van der Waals surface area contributed by atoms with Crippen LogP contribution in [0.4, 0.5) is 13.2 Å². The smallest absolute Gasteiger partial charge is 0.332 e. The van der Waals surface area contributed by atoms with E-state index in [0.717, 1.165) is 35.9 Å². The summed E-state index contributed by atoms with van der Waals surface area (Å²) in [4.78, 5) is 21.4. The van der Waals surface area contributed by atoms with E-state index in [1.54, 1.807) is 6.07 Å². The van der Waals surface area contributed by atoms with Crippen LogP contribution in [0.5, 0.6) is 0 Å². The van der Waals surface area contributed by atoms with Crippen molar-refractivity contribution in [3.63, 3.8) is 0 Å². The molecule has 2 fully saturated rings. The molecule has 2 aliphatic heterocycles. The van der Waals surface area contributed by atoms with E-state index in [-0.39, 0.29) is 18.0 Å². The van der Waals surface area contributed by atoms with E-state index in [9.17, 15) is 18.0 Å². The summed E-state index contributed by atoms with van der Waals surface area (Å²) in [5, 5.41) is 0. The second-order valence-corrected chi connectivity index (χ2v) is 8.52. The molecule has 0 N–H and O–H groups in total. The topological polar surface area (TPSA) is 40.9 Å². The lowest BCUT2D eigenvalue weighted by Crippen LogP contribution is -2.36. The first kappa shape index (κ1) is 20.1. The van der Waals surface area contributed by atoms with Crippen molar-refractivity contribution in [2.45, 2.75) is 51.1 Å². The van der Waals surface area contributed by atoms with Gasteiger partial charge in [0.2, 0.25) is 5.91 Å². The molecule has 2 aromatic heterocycles. The first-order valence-electron chi connectivity index (χ1n) is 10.4. The predicted octanol–water partition coefficient (Wildman–Crippen LogP) is 4.04. The number of aryl methyl sites for hydroxylation is 1. The van der Waals surface area contributed by atoms with Crippen LogP contribution in [-0.2, 0) is 24.1 Å². The Balaban J connectivity index is 1.31. The first-order chi connectivity index (χ1) is 14.8. The zero-order chi connectivity index (χ0) is 21.8. The summed E-state index contributed by atoms with van der Waals surface area (Å²) in [5.74, 6) is 0.0805. The molecule has 1 aromatic carbocycles. The van der Waals surface area contributed by atoms with Crippen LogP contribution in [0.15, 0.2) is 48.8 Å². The van der Waals surface area contributed by atoms with Crippen LogP contribution >= 0.6 is 0 Å². The van der Waals surface area contributed by atoms with E-state index >= 15 is 0 Å². The van der Waals surface area contributed by atoms with E-state index in [2.05, 4.69) is 9.88 Å². The van der Waals surface area contributed by atoms with Crippen LogP contribution in [0.1, 0.15) is 35.2 Å². The maximum Gasteiger partial charge on any atom is 0.416 e. The van der Waals surface area contributed by atoms with Gasteiger partial charge < -0.3 is 9.30 Å². The number of halogens is 3. The van der Waals surface area contributed by atoms with Crippen molar-refractivity contribution in [1.82, 2.24) is 19.2 Å². The first-order valence-corrected chi connectivity index (χ1v) is 10.4. The second-order valence-electron chi connectivity index (χ2n) is 8.52. The van der Waals surface area contributed by atoms with Gasteiger partial charge in [-0.15, -0.1) is 0 Å². The van der Waals surface area contributed by atoms with Crippen molar-refractivity contribution in [3.8, 4) is 0 Å². The van der Waals surface area contributed by atoms with Gasteiger partial charge in [0.1, 0.15) is 5.65 Å². The number of imidazole rings is 1. The maximum atomic E-state index is 13.0. The average Bonchev–Trinajstić information content (AvgIpc) is 3.37. The van der Waals surface area contributed by atoms with E-state index in [0.29, 0.717) is 25.1 Å². The van der Waals surface area contributed by atoms with E-state index in [1.165, 1.54) is 12.1 Å². The normalized spacial score (nSPS) is 21.9. The SMILES string of the molecule is Cc1ccc2nc(CN3C(=O)C[C@H]4[C@@H]3CCN4Cc3cccc(C(F)(F)F)c3)cn2c1. The number of hydrogen-bond acceptors (Lipinski definition) is 3. The highest BCUT2D eigenvalue weighted by molar-refractivity contribution is 5.80. The summed E-state index contributed by atoms with van der Waals surface area (Å²) in [7, 11) is 0. The van der Waals surface area contributed by atoms with Crippen molar-refractivity contribution >= 4 is 11.6 Å². The van der Waals surface area contributed by atoms with Gasteiger partial charge in [0.05, 0.1) is 17.8 Å². The van der Waals surface area contributed by atoms with Gasteiger partial charge in [-0.3, -0.25) is 9.69 Å². The summed E-state index contributed by atoms with van der Waals surface area (Å²) in [6, 6.07) is 9.53. The van der Waals surface area contributed by atoms with Gasteiger partial charge in [0.25, 0.3) is 0 Å². The molecular weight excluding hydrogens is 405 g/mol. The van der Waals surface area contributed by atoms with Crippen LogP contribution < -0.4 is 0 Å². The molecule has 162 valence electrons. The quantitative estimate of drug-likeness (QED) is 0.630. The average molecular weight is 428 g/mol. The Morgan fingerprint density at radius 3 is 2.74 bits per heavy atom. The standard InChI is InChI=1S/C23H23F3N4O/c1-15-5-6-21-27-18(13-29(21)11-15)14-30-19-7-8-28(20(19)10-22(30)31)12-16-3-2-4-17(9-16)23(24,25)26/h2-6,9,11,13,19-20H,7-8,10,12,14H2,1H3/t19-,20-/m0/s1. The van der Waals surface area contributed by atoms with Crippen LogP contribution in [-0.4, -0.2) is 43.7 Å². The number of benzene rings is 1. The maximum absolute atomic E-state index is 13.0. The summed E-state index contributed by atoms with van der Waals surface area (Å²) < 4.78 is 41.1. The zero-order valence-corrected chi connectivity index (χ0v) is 17.1. The van der Waals surface area contributed by atoms with Gasteiger partial charge in [-0.25, -0.2) is 4.98 Å². The highest BCUT2D eigenvalue weighted by Gasteiger charge is 2.46. The molecule has 0 spiro atoms. The summed E-state index contributed by atoms with van der Waals surface area (Å²) in [5.41, 5.74) is 2.82. The molecule has 0 saturated carbocycles. The largest absolute Gasteiger partial charge is 0.416 e. The third kappa shape index (κ3) is 3.80. The molecule has 0 unspecified atom stereocenters. The molecular formula is C23H23F3N4O. The van der Waals surface area contributed by atoms with Crippen molar-refractivity contribution in [1.29, 1.82) is 0 Å². The predicted molar refractivity (Wildman–Crippen MR) is 109 cm³/mol. The third-order valence-corrected chi connectivity index (χ3v) is 6.35. The number of aromatic nitrogens is 2. The van der Waals surface area contributed by atoms with Crippen molar-refractivity contribution < 1.29 is 18.0 Å². The zero-order valence-electron chi connectivity index (χ0n) is 17.1. The molecule has 5 rings (SSSR count). The monoisotopic (exact) mass is 428 g/mol. The van der Waals surface area contributed by atoms with Gasteiger partial charge in [-0.1, -0.05) is 24.3 Å². The van der Waals surface area contributed by atoms with E-state index < -0.39 is 11.7 Å². The number of alkyl halides is 3. The van der Waals surface area contributed by atoms with Gasteiger partial charge in [0.15, 0.2) is 0 Å². The number of fused-ring (bicyclic) bond motifs is 2. The highest BCUT2D eigenvalue weighted by Crippen LogP contribution is 2.35. The molecule has 1 amide bonds. The number of likely N-dealkylation sites (tertiary alicyclic amines) is 2. The number of hydrogen-bond donors (Lipinski definition) is 0. The Morgan fingerprint density at radius 2 is 1.94 bits per heavy atom. The number of amides is 1. The Bertz CT molecular complexity index is 1140. The fourth-order valence-electron chi connectivity index (χ4n) is 4.90. The molecule has 4 heterocycles. The molecule has 2 aliphatic rings. The summed E-state index contributed by atoms with van der Waals surface area (Å²) >= 11 is 0. The molecule has 0 aliphatic carbocycles.